The third-order valence-corrected chi connectivity index (χ3v) is 2.37. The van der Waals surface area contributed by atoms with Crippen LogP contribution in [0.2, 0.25) is 0 Å². The normalized spacial score (nSPS) is 10.5. The van der Waals surface area contributed by atoms with Crippen LogP contribution in [-0.2, 0) is 0 Å². The lowest BCUT2D eigenvalue weighted by atomic mass is 10.2. The summed E-state index contributed by atoms with van der Waals surface area (Å²) in [4.78, 5) is 0. The highest BCUT2D eigenvalue weighted by Crippen LogP contribution is 2.25. The van der Waals surface area contributed by atoms with Crippen LogP contribution in [0.1, 0.15) is 0 Å². The van der Waals surface area contributed by atoms with E-state index in [-0.39, 0.29) is 5.75 Å². The Morgan fingerprint density at radius 3 is 2.37 bits per heavy atom. The zero-order valence-corrected chi connectivity index (χ0v) is 9.74. The summed E-state index contributed by atoms with van der Waals surface area (Å²) in [7, 11) is 0. The molecule has 100 valence electrons. The second-order valence-electron chi connectivity index (χ2n) is 3.76. The van der Waals surface area contributed by atoms with Gasteiger partial charge in [-0.1, -0.05) is 0 Å². The molecule has 3 N–H and O–H groups in total. The zero-order valence-electron chi connectivity index (χ0n) is 9.74. The van der Waals surface area contributed by atoms with Gasteiger partial charge in [-0.2, -0.15) is 8.78 Å². The average Bonchev–Trinajstić information content (AvgIpc) is 2.35. The lowest BCUT2D eigenvalue weighted by Gasteiger charge is -2.10. The molecule has 2 aromatic rings. The van der Waals surface area contributed by atoms with Gasteiger partial charge in [0.1, 0.15) is 11.6 Å². The van der Waals surface area contributed by atoms with E-state index >= 15 is 0 Å². The second-order valence-corrected chi connectivity index (χ2v) is 3.76. The van der Waals surface area contributed by atoms with Gasteiger partial charge in [0.15, 0.2) is 0 Å². The number of hydrogen-bond donors (Lipinski definition) is 2. The lowest BCUT2D eigenvalue weighted by molar-refractivity contribution is -0.0498. The maximum absolute atomic E-state index is 13.1. The van der Waals surface area contributed by atoms with Crippen LogP contribution < -0.4 is 15.8 Å². The van der Waals surface area contributed by atoms with E-state index in [0.717, 1.165) is 0 Å². The molecule has 6 heteroatoms. The molecule has 0 saturated carbocycles. The van der Waals surface area contributed by atoms with Crippen LogP contribution in [0, 0.1) is 5.82 Å². The standard InChI is InChI=1S/C13H11F3N2O/c14-8-1-6-11(17)12(7-8)18-9-2-4-10(5-3-9)19-13(15)16/h1-7,13,18H,17H2. The summed E-state index contributed by atoms with van der Waals surface area (Å²) in [6, 6.07) is 9.75. The first kappa shape index (κ1) is 13.1. The van der Waals surface area contributed by atoms with Crippen molar-refractivity contribution in [1.82, 2.24) is 0 Å². The molecule has 0 aliphatic heterocycles. The number of nitrogen functional groups attached to an aromatic ring is 1. The molecular formula is C13H11F3N2O. The summed E-state index contributed by atoms with van der Waals surface area (Å²) in [6.07, 6.45) is 0. The van der Waals surface area contributed by atoms with Crippen molar-refractivity contribution in [1.29, 1.82) is 0 Å². The van der Waals surface area contributed by atoms with Gasteiger partial charge in [0.05, 0.1) is 11.4 Å². The topological polar surface area (TPSA) is 47.3 Å². The first-order valence-electron chi connectivity index (χ1n) is 5.41. The number of halogens is 3. The lowest BCUT2D eigenvalue weighted by Crippen LogP contribution is -2.02. The van der Waals surface area contributed by atoms with Crippen molar-refractivity contribution in [2.75, 3.05) is 11.1 Å². The molecule has 0 amide bonds. The summed E-state index contributed by atoms with van der Waals surface area (Å²) in [6.45, 7) is -2.86. The van der Waals surface area contributed by atoms with Gasteiger partial charge in [-0.05, 0) is 42.5 Å². The van der Waals surface area contributed by atoms with Crippen LogP contribution in [0.15, 0.2) is 42.5 Å². The Labute approximate surface area is 107 Å². The summed E-state index contributed by atoms with van der Waals surface area (Å²) in [5.41, 5.74) is 7.05. The van der Waals surface area contributed by atoms with Crippen molar-refractivity contribution < 1.29 is 17.9 Å². The van der Waals surface area contributed by atoms with Gasteiger partial charge in [-0.3, -0.25) is 0 Å². The molecule has 0 atom stereocenters. The van der Waals surface area contributed by atoms with Crippen LogP contribution in [0.3, 0.4) is 0 Å². The molecule has 2 rings (SSSR count). The number of alkyl halides is 2. The van der Waals surface area contributed by atoms with Crippen LogP contribution >= 0.6 is 0 Å². The van der Waals surface area contributed by atoms with Crippen molar-refractivity contribution in [3.8, 4) is 5.75 Å². The molecule has 0 saturated heterocycles. The minimum Gasteiger partial charge on any atom is -0.435 e. The quantitative estimate of drug-likeness (QED) is 0.830. The van der Waals surface area contributed by atoms with Crippen molar-refractivity contribution in [3.63, 3.8) is 0 Å². The number of anilines is 3. The minimum atomic E-state index is -2.86. The molecule has 0 fully saturated rings. The SMILES string of the molecule is Nc1ccc(F)cc1Nc1ccc(OC(F)F)cc1. The van der Waals surface area contributed by atoms with E-state index in [0.29, 0.717) is 17.1 Å². The van der Waals surface area contributed by atoms with E-state index in [2.05, 4.69) is 10.1 Å². The van der Waals surface area contributed by atoms with E-state index in [1.807, 2.05) is 0 Å². The number of rotatable bonds is 4. The first-order valence-corrected chi connectivity index (χ1v) is 5.41. The van der Waals surface area contributed by atoms with E-state index in [9.17, 15) is 13.2 Å². The molecule has 0 spiro atoms. The van der Waals surface area contributed by atoms with Crippen LogP contribution in [0.25, 0.3) is 0 Å². The summed E-state index contributed by atoms with van der Waals surface area (Å²) in [5, 5.41) is 2.89. The molecule has 0 aliphatic rings. The number of hydrogen-bond acceptors (Lipinski definition) is 3. The molecule has 2 aromatic carbocycles. The second kappa shape index (κ2) is 5.51. The number of nitrogens with two attached hydrogens (primary N) is 1. The summed E-state index contributed by atoms with van der Waals surface area (Å²) < 4.78 is 41.2. The Morgan fingerprint density at radius 2 is 1.74 bits per heavy atom. The highest BCUT2D eigenvalue weighted by atomic mass is 19.3. The maximum atomic E-state index is 13.1. The van der Waals surface area contributed by atoms with Crippen molar-refractivity contribution in [2.24, 2.45) is 0 Å². The fourth-order valence-corrected chi connectivity index (χ4v) is 1.51. The van der Waals surface area contributed by atoms with Gasteiger partial charge in [0.2, 0.25) is 0 Å². The van der Waals surface area contributed by atoms with Crippen LogP contribution in [0.5, 0.6) is 5.75 Å². The van der Waals surface area contributed by atoms with Gasteiger partial charge in [-0.25, -0.2) is 4.39 Å². The molecule has 19 heavy (non-hydrogen) atoms. The van der Waals surface area contributed by atoms with Crippen molar-refractivity contribution >= 4 is 17.1 Å². The Morgan fingerprint density at radius 1 is 1.05 bits per heavy atom. The number of benzene rings is 2. The van der Waals surface area contributed by atoms with Gasteiger partial charge in [0.25, 0.3) is 0 Å². The molecule has 0 aliphatic carbocycles. The fraction of sp³-hybridized carbons (Fsp3) is 0.0769. The van der Waals surface area contributed by atoms with Crippen molar-refractivity contribution in [2.45, 2.75) is 6.61 Å². The molecule has 0 aromatic heterocycles. The zero-order chi connectivity index (χ0) is 13.8. The highest BCUT2D eigenvalue weighted by molar-refractivity contribution is 5.72. The Balaban J connectivity index is 2.13. The third-order valence-electron chi connectivity index (χ3n) is 2.37. The monoisotopic (exact) mass is 268 g/mol. The first-order chi connectivity index (χ1) is 9.04. The molecule has 0 bridgehead atoms. The summed E-state index contributed by atoms with van der Waals surface area (Å²) in [5.74, 6) is -0.373. The van der Waals surface area contributed by atoms with Gasteiger partial charge < -0.3 is 15.8 Å². The van der Waals surface area contributed by atoms with Gasteiger partial charge in [0, 0.05) is 5.69 Å². The molecular weight excluding hydrogens is 257 g/mol. The largest absolute Gasteiger partial charge is 0.435 e. The van der Waals surface area contributed by atoms with Crippen LogP contribution in [-0.4, -0.2) is 6.61 Å². The van der Waals surface area contributed by atoms with E-state index in [4.69, 9.17) is 5.73 Å². The maximum Gasteiger partial charge on any atom is 0.387 e. The molecule has 0 radical (unpaired) electrons. The average molecular weight is 268 g/mol. The molecule has 0 heterocycles. The van der Waals surface area contributed by atoms with Gasteiger partial charge >= 0.3 is 6.61 Å². The predicted molar refractivity (Wildman–Crippen MR) is 67.2 cm³/mol. The molecule has 0 unspecified atom stereocenters. The van der Waals surface area contributed by atoms with Crippen molar-refractivity contribution in [3.05, 3.63) is 48.3 Å². The smallest absolute Gasteiger partial charge is 0.387 e. The van der Waals surface area contributed by atoms with Crippen LogP contribution in [0.4, 0.5) is 30.2 Å². The molecule has 3 nitrogen and oxygen atoms in total. The predicted octanol–water partition coefficient (Wildman–Crippen LogP) is 3.75. The highest BCUT2D eigenvalue weighted by Gasteiger charge is 2.05. The van der Waals surface area contributed by atoms with E-state index in [1.165, 1.54) is 42.5 Å². The van der Waals surface area contributed by atoms with E-state index in [1.54, 1.807) is 0 Å². The summed E-state index contributed by atoms with van der Waals surface area (Å²) >= 11 is 0. The third kappa shape index (κ3) is 3.54. The number of ether oxygens (including phenoxy) is 1. The Hall–Kier alpha value is -2.37. The van der Waals surface area contributed by atoms with E-state index < -0.39 is 12.4 Å². The van der Waals surface area contributed by atoms with Gasteiger partial charge in [-0.15, -0.1) is 0 Å². The Kier molecular flexibility index (Phi) is 3.79. The Bertz CT molecular complexity index is 558. The minimum absolute atomic E-state index is 0.0489. The number of nitrogens with one attached hydrogen (secondary N) is 1. The fourth-order valence-electron chi connectivity index (χ4n) is 1.51.